The van der Waals surface area contributed by atoms with Gasteiger partial charge in [-0.25, -0.2) is 31.9 Å². The van der Waals surface area contributed by atoms with Gasteiger partial charge in [0.1, 0.15) is 29.7 Å². The van der Waals surface area contributed by atoms with Gasteiger partial charge in [0.15, 0.2) is 49.6 Å². The number of nitrogens with two attached hydrogens (primary N) is 1. The van der Waals surface area contributed by atoms with E-state index in [1.165, 1.54) is 53.6 Å². The van der Waals surface area contributed by atoms with E-state index < -0.39 is 118 Å². The van der Waals surface area contributed by atoms with Crippen LogP contribution in [0.25, 0.3) is 0 Å². The molecule has 14 atom stereocenters. The van der Waals surface area contributed by atoms with E-state index in [1.54, 1.807) is 20.8 Å². The highest BCUT2D eigenvalue weighted by atomic mass is 79.9. The van der Waals surface area contributed by atoms with Gasteiger partial charge in [-0.3, -0.25) is 42.6 Å². The molecule has 22 nitrogen and oxygen atoms in total. The van der Waals surface area contributed by atoms with E-state index in [1.807, 2.05) is 27.7 Å². The first-order valence-electron chi connectivity index (χ1n) is 24.3. The fraction of sp³-hybridized carbons (Fsp3) is 0.660. The molecule has 0 amide bonds. The lowest BCUT2D eigenvalue weighted by Gasteiger charge is -2.30. The lowest BCUT2D eigenvalue weighted by atomic mass is 9.83. The van der Waals surface area contributed by atoms with Crippen LogP contribution < -0.4 is 44.2 Å². The van der Waals surface area contributed by atoms with Crippen LogP contribution in [0.2, 0.25) is 0 Å². The van der Waals surface area contributed by atoms with Crippen LogP contribution in [0.5, 0.6) is 6.01 Å². The molecular weight excluding hydrogens is 1130 g/mol. The number of nitrogen functional groups attached to an aromatic ring is 1. The monoisotopic (exact) mass is 1200 g/mol. The van der Waals surface area contributed by atoms with Crippen LogP contribution in [0.3, 0.4) is 0 Å². The minimum absolute atomic E-state index is 0.00381. The van der Waals surface area contributed by atoms with E-state index in [-0.39, 0.29) is 41.5 Å². The lowest BCUT2D eigenvalue weighted by molar-refractivity contribution is -0.113. The summed E-state index contributed by atoms with van der Waals surface area (Å²) in [6.07, 6.45) is -3.25. The zero-order chi connectivity index (χ0) is 55.5. The minimum Gasteiger partial charge on any atom is -0.461 e. The minimum atomic E-state index is -1.87. The SMILES string of the molecule is CCC1(CC)O[C@@H](n2ccc(=O)[nH]c2=O)[C@H](F)[C@@H]1C.CCC1(CC)O[C@@H](n2ccc(=O)[nH]c2=O)[C@H](F)[C@@H]1C.C[C@H]1[C@@H](F)[C@H]2O[C@]1(CBr)COc1nc(=O)ccn12.Nc1ccn([C@@H]2O[C@@](CO)(CBr)[C@@H](O)[C@H]2F)c(=O)n1. The summed E-state index contributed by atoms with van der Waals surface area (Å²) in [6.45, 7) is 12.8. The Balaban J connectivity index is 0.000000163. The first-order valence-corrected chi connectivity index (χ1v) is 26.5. The molecule has 5 aliphatic rings. The normalized spacial score (nSPS) is 32.8. The summed E-state index contributed by atoms with van der Waals surface area (Å²) < 4.78 is 90.2. The molecule has 4 aromatic heterocycles. The number of fused-ring (bicyclic) bond motifs is 4. The number of aromatic nitrogens is 8. The Kier molecular flexibility index (Phi) is 18.9. The number of H-pyrrole nitrogens is 2. The molecule has 2 bridgehead atoms. The molecule has 28 heteroatoms. The second-order valence-corrected chi connectivity index (χ2v) is 20.2. The third-order valence-corrected chi connectivity index (χ3v) is 17.2. The smallest absolute Gasteiger partial charge is 0.351 e. The van der Waals surface area contributed by atoms with Crippen molar-refractivity contribution >= 4 is 37.7 Å². The number of ether oxygens (including phenoxy) is 5. The summed E-state index contributed by atoms with van der Waals surface area (Å²) >= 11 is 6.41. The summed E-state index contributed by atoms with van der Waals surface area (Å²) in [5.41, 5.74) is -1.47. The molecule has 4 fully saturated rings. The molecule has 416 valence electrons. The predicted octanol–water partition coefficient (Wildman–Crippen LogP) is 3.65. The molecule has 75 heavy (non-hydrogen) atoms. The number of nitrogens with zero attached hydrogens (tertiary/aromatic N) is 6. The van der Waals surface area contributed by atoms with Crippen LogP contribution in [0, 0.1) is 17.8 Å². The van der Waals surface area contributed by atoms with Crippen molar-refractivity contribution in [3.8, 4) is 6.01 Å². The molecule has 9 heterocycles. The molecule has 0 unspecified atom stereocenters. The summed E-state index contributed by atoms with van der Waals surface area (Å²) in [5, 5.41) is 19.6. The van der Waals surface area contributed by atoms with Gasteiger partial charge >= 0.3 is 23.1 Å². The Morgan fingerprint density at radius 3 is 1.48 bits per heavy atom. The zero-order valence-electron chi connectivity index (χ0n) is 42.1. The number of aromatic amines is 2. The highest BCUT2D eigenvalue weighted by Gasteiger charge is 2.58. The largest absolute Gasteiger partial charge is 0.461 e. The first kappa shape index (κ1) is 59.4. The van der Waals surface area contributed by atoms with Gasteiger partial charge in [-0.05, 0) is 31.7 Å². The maximum atomic E-state index is 14.4. The number of aliphatic hydroxyl groups is 2. The fourth-order valence-electron chi connectivity index (χ4n) is 10.0. The Hall–Kier alpha value is -4.84. The van der Waals surface area contributed by atoms with Gasteiger partial charge in [0.05, 0.1) is 17.8 Å². The number of anilines is 1. The molecule has 9 rings (SSSR count). The van der Waals surface area contributed by atoms with Gasteiger partial charge < -0.3 is 39.6 Å². The van der Waals surface area contributed by atoms with Crippen LogP contribution in [0.15, 0.2) is 77.8 Å². The van der Waals surface area contributed by atoms with E-state index in [9.17, 15) is 56.5 Å². The molecule has 4 aromatic rings. The molecule has 0 aliphatic carbocycles. The van der Waals surface area contributed by atoms with E-state index in [0.29, 0.717) is 31.0 Å². The quantitative estimate of drug-likeness (QED) is 0.112. The fourth-order valence-corrected chi connectivity index (χ4v) is 11.5. The van der Waals surface area contributed by atoms with Crippen molar-refractivity contribution in [1.82, 2.24) is 38.2 Å². The van der Waals surface area contributed by atoms with Crippen LogP contribution in [-0.4, -0.2) is 125 Å². The predicted molar refractivity (Wildman–Crippen MR) is 270 cm³/mol. The van der Waals surface area contributed by atoms with Crippen molar-refractivity contribution < 1.29 is 51.5 Å². The molecule has 6 N–H and O–H groups in total. The van der Waals surface area contributed by atoms with E-state index in [2.05, 4.69) is 51.8 Å². The molecule has 0 spiro atoms. The maximum Gasteiger partial charge on any atom is 0.351 e. The van der Waals surface area contributed by atoms with E-state index in [0.717, 1.165) is 13.7 Å². The topological polar surface area (TPSA) is 292 Å². The van der Waals surface area contributed by atoms with E-state index in [4.69, 9.17) is 29.4 Å². The number of hydrogen-bond acceptors (Lipinski definition) is 16. The molecule has 0 saturated carbocycles. The average Bonchev–Trinajstić information content (AvgIpc) is 3.95. The highest BCUT2D eigenvalue weighted by Crippen LogP contribution is 2.49. The van der Waals surface area contributed by atoms with Crippen molar-refractivity contribution in [3.63, 3.8) is 0 Å². The average molecular weight is 1200 g/mol. The van der Waals surface area contributed by atoms with Gasteiger partial charge in [0, 0.05) is 71.4 Å². The Labute approximate surface area is 442 Å². The summed E-state index contributed by atoms with van der Waals surface area (Å²) in [5.74, 6) is -0.892. The van der Waals surface area contributed by atoms with Gasteiger partial charge in [-0.1, -0.05) is 80.3 Å². The van der Waals surface area contributed by atoms with Crippen molar-refractivity contribution in [3.05, 3.63) is 112 Å². The molecule has 0 aromatic carbocycles. The summed E-state index contributed by atoms with van der Waals surface area (Å²) in [4.78, 5) is 79.8. The number of halogens is 6. The van der Waals surface area contributed by atoms with Crippen molar-refractivity contribution in [2.45, 2.75) is 152 Å². The Bertz CT molecular complexity index is 2870. The standard InChI is InChI=1S/2C13H19FN2O3.C11H12BrFN2O3.C10H13BrFN3O4/c2*1-4-13(5-2)8(3)10(14)11(19-13)16-7-6-9(17)15-12(16)18;1-6-8(13)9-15-3-2-7(16)14-10(15)17-5-11(6,4-12)18-9;11-3-10(4-16)7(17)6(12)8(19-10)15-2-1-5(13)14-9(15)18/h2*6-8,10-11H,4-5H2,1-3H3,(H,15,17,18);2-3,6,8-9H,4-5H2,1H3;1-2,6-8,16-17H,3-4H2,(H2,13,14,18)/t2*8-,10+,11+;6-,8+,9+,11+;6-,7+,8-,10-/m0001/s1. The summed E-state index contributed by atoms with van der Waals surface area (Å²) in [7, 11) is 0. The highest BCUT2D eigenvalue weighted by molar-refractivity contribution is 9.09. The number of aliphatic hydroxyl groups excluding tert-OH is 2. The zero-order valence-corrected chi connectivity index (χ0v) is 45.3. The number of alkyl halides is 6. The summed E-state index contributed by atoms with van der Waals surface area (Å²) in [6, 6.07) is 5.09. The van der Waals surface area contributed by atoms with Crippen LogP contribution in [0.1, 0.15) is 99.1 Å². The third-order valence-electron chi connectivity index (χ3n) is 15.3. The Morgan fingerprint density at radius 2 is 1.07 bits per heavy atom. The van der Waals surface area contributed by atoms with Crippen molar-refractivity contribution in [2.75, 3.05) is 29.6 Å². The first-order chi connectivity index (χ1) is 35.4. The van der Waals surface area contributed by atoms with E-state index >= 15 is 0 Å². The molecule has 5 aliphatic heterocycles. The Morgan fingerprint density at radius 1 is 0.627 bits per heavy atom. The molecule has 0 radical (unpaired) electrons. The van der Waals surface area contributed by atoms with Crippen LogP contribution in [-0.2, 0) is 18.9 Å². The maximum absolute atomic E-state index is 14.4. The number of hydrogen-bond donors (Lipinski definition) is 5. The van der Waals surface area contributed by atoms with Crippen LogP contribution in [0.4, 0.5) is 23.4 Å². The van der Waals surface area contributed by atoms with Gasteiger partial charge in [-0.2, -0.15) is 9.97 Å². The number of nitrogens with one attached hydrogen (secondary N) is 2. The molecule has 4 saturated heterocycles. The molecular formula is C47H63Br2F4N9O13. The van der Waals surface area contributed by atoms with Gasteiger partial charge in [0.25, 0.3) is 16.7 Å². The third kappa shape index (κ3) is 11.3. The second kappa shape index (κ2) is 23.8. The van der Waals surface area contributed by atoms with Gasteiger partial charge in [-0.15, -0.1) is 0 Å². The van der Waals surface area contributed by atoms with Crippen molar-refractivity contribution in [2.24, 2.45) is 17.8 Å². The van der Waals surface area contributed by atoms with Crippen LogP contribution >= 0.6 is 31.9 Å². The number of rotatable bonds is 10. The second-order valence-electron chi connectivity index (χ2n) is 19.0. The van der Waals surface area contributed by atoms with Gasteiger partial charge in [0.2, 0.25) is 0 Å². The lowest BCUT2D eigenvalue weighted by Crippen LogP contribution is -2.47. The van der Waals surface area contributed by atoms with Crippen molar-refractivity contribution in [1.29, 1.82) is 0 Å².